The molecule has 0 radical (unpaired) electrons. The maximum Gasteiger partial charge on any atom is 0.250 e. The van der Waals surface area contributed by atoms with Gasteiger partial charge in [0.1, 0.15) is 11.9 Å². The van der Waals surface area contributed by atoms with E-state index in [1.165, 1.54) is 0 Å². The van der Waals surface area contributed by atoms with Gasteiger partial charge in [-0.1, -0.05) is 25.4 Å². The van der Waals surface area contributed by atoms with E-state index < -0.39 is 6.10 Å². The molecule has 5 nitrogen and oxygen atoms in total. The normalized spacial score (nSPS) is 19.4. The first-order valence-corrected chi connectivity index (χ1v) is 8.35. The van der Waals surface area contributed by atoms with Gasteiger partial charge in [0.05, 0.1) is 19.8 Å². The van der Waals surface area contributed by atoms with Crippen LogP contribution in [0.3, 0.4) is 0 Å². The van der Waals surface area contributed by atoms with Gasteiger partial charge in [0, 0.05) is 23.7 Å². The van der Waals surface area contributed by atoms with Gasteiger partial charge in [-0.15, -0.1) is 0 Å². The van der Waals surface area contributed by atoms with Crippen LogP contribution in [-0.2, 0) is 9.53 Å². The Bertz CT molecular complexity index is 531. The lowest BCUT2D eigenvalue weighted by molar-refractivity contribution is -0.135. The molecule has 1 heterocycles. The molecule has 2 rings (SSSR count). The number of carbonyl (C=O) groups is 1. The number of hydrogen-bond acceptors (Lipinski definition) is 4. The Hall–Kier alpha value is -1.30. The first-order chi connectivity index (χ1) is 11.0. The summed E-state index contributed by atoms with van der Waals surface area (Å²) in [6, 6.07) is 5.30. The maximum atomic E-state index is 12.5. The van der Waals surface area contributed by atoms with E-state index >= 15 is 0 Å². The second kappa shape index (κ2) is 8.52. The molecule has 0 bridgehead atoms. The first-order valence-electron chi connectivity index (χ1n) is 7.97. The van der Waals surface area contributed by atoms with Crippen molar-refractivity contribution in [3.05, 3.63) is 28.8 Å². The predicted molar refractivity (Wildman–Crippen MR) is 91.0 cm³/mol. The minimum absolute atomic E-state index is 0.107. The number of morpholine rings is 1. The summed E-state index contributed by atoms with van der Waals surface area (Å²) in [7, 11) is 1.62. The van der Waals surface area contributed by atoms with Crippen LogP contribution in [0.5, 0.6) is 5.75 Å². The first kappa shape index (κ1) is 18.0. The molecular weight excluding hydrogens is 316 g/mol. The highest BCUT2D eigenvalue weighted by Crippen LogP contribution is 2.32. The molecule has 2 atom stereocenters. The zero-order valence-corrected chi connectivity index (χ0v) is 14.7. The monoisotopic (exact) mass is 340 g/mol. The number of halogens is 1. The quantitative estimate of drug-likeness (QED) is 0.835. The number of carbonyl (C=O) groups excluding carboxylic acids is 1. The number of benzene rings is 1. The van der Waals surface area contributed by atoms with Gasteiger partial charge >= 0.3 is 0 Å². The molecule has 1 aliphatic rings. The van der Waals surface area contributed by atoms with E-state index in [-0.39, 0.29) is 11.9 Å². The Labute approximate surface area is 142 Å². The molecule has 1 amide bonds. The lowest BCUT2D eigenvalue weighted by Crippen LogP contribution is -2.48. The van der Waals surface area contributed by atoms with Crippen molar-refractivity contribution in [1.82, 2.24) is 10.6 Å². The van der Waals surface area contributed by atoms with E-state index in [1.807, 2.05) is 12.1 Å². The van der Waals surface area contributed by atoms with Gasteiger partial charge in [0.15, 0.2) is 0 Å². The van der Waals surface area contributed by atoms with Gasteiger partial charge < -0.3 is 20.1 Å². The van der Waals surface area contributed by atoms with Gasteiger partial charge in [-0.3, -0.25) is 4.79 Å². The Kier molecular flexibility index (Phi) is 6.69. The van der Waals surface area contributed by atoms with Crippen molar-refractivity contribution in [1.29, 1.82) is 0 Å². The molecule has 0 aliphatic carbocycles. The summed E-state index contributed by atoms with van der Waals surface area (Å²) in [5, 5.41) is 6.89. The molecule has 1 aromatic carbocycles. The molecule has 1 fully saturated rings. The van der Waals surface area contributed by atoms with Crippen LogP contribution in [0.4, 0.5) is 0 Å². The summed E-state index contributed by atoms with van der Waals surface area (Å²) in [5.74, 6) is 1.03. The highest BCUT2D eigenvalue weighted by Gasteiger charge is 2.26. The van der Waals surface area contributed by atoms with E-state index in [0.717, 1.165) is 24.3 Å². The van der Waals surface area contributed by atoms with Crippen LogP contribution >= 0.6 is 11.6 Å². The topological polar surface area (TPSA) is 59.6 Å². The minimum atomic E-state index is -0.455. The zero-order chi connectivity index (χ0) is 16.8. The van der Waals surface area contributed by atoms with Crippen LogP contribution in [0.15, 0.2) is 18.2 Å². The molecule has 128 valence electrons. The molecule has 1 aliphatic heterocycles. The molecule has 23 heavy (non-hydrogen) atoms. The standard InChI is InChI=1S/C17H25ClN2O3/c1-11(2)8-14(13-9-12(18)4-5-15(13)22-3)20-17(21)16-10-19-6-7-23-16/h4-5,9,11,14,16,19H,6-8,10H2,1-3H3,(H,20,21). The Morgan fingerprint density at radius 3 is 2.91 bits per heavy atom. The summed E-state index contributed by atoms with van der Waals surface area (Å²) in [6.45, 7) is 6.10. The number of methoxy groups -OCH3 is 1. The molecule has 0 saturated carbocycles. The molecule has 0 spiro atoms. The largest absolute Gasteiger partial charge is 0.496 e. The summed E-state index contributed by atoms with van der Waals surface area (Å²) >= 11 is 6.14. The van der Waals surface area contributed by atoms with Crippen molar-refractivity contribution in [2.45, 2.75) is 32.4 Å². The van der Waals surface area contributed by atoms with Gasteiger partial charge in [0.25, 0.3) is 5.91 Å². The van der Waals surface area contributed by atoms with Crippen LogP contribution in [0.2, 0.25) is 5.02 Å². The zero-order valence-electron chi connectivity index (χ0n) is 13.9. The second-order valence-electron chi connectivity index (χ2n) is 6.14. The Morgan fingerprint density at radius 1 is 1.52 bits per heavy atom. The van der Waals surface area contributed by atoms with Crippen LogP contribution in [0.25, 0.3) is 0 Å². The van der Waals surface area contributed by atoms with Crippen molar-refractivity contribution in [3.63, 3.8) is 0 Å². The van der Waals surface area contributed by atoms with Crippen LogP contribution in [0, 0.1) is 5.92 Å². The van der Waals surface area contributed by atoms with Gasteiger partial charge in [-0.25, -0.2) is 0 Å². The second-order valence-corrected chi connectivity index (χ2v) is 6.58. The van der Waals surface area contributed by atoms with Crippen molar-refractivity contribution in [2.24, 2.45) is 5.92 Å². The number of rotatable bonds is 6. The molecule has 1 aromatic rings. The maximum absolute atomic E-state index is 12.5. The average Bonchev–Trinajstić information content (AvgIpc) is 2.54. The van der Waals surface area contributed by atoms with Gasteiger partial charge in [0.2, 0.25) is 0 Å². The SMILES string of the molecule is COc1ccc(Cl)cc1C(CC(C)C)NC(=O)C1CNCCO1. The fourth-order valence-electron chi connectivity index (χ4n) is 2.71. The van der Waals surface area contributed by atoms with E-state index in [0.29, 0.717) is 24.1 Å². The third-order valence-corrected chi connectivity index (χ3v) is 4.05. The predicted octanol–water partition coefficient (Wildman–Crippen LogP) is 2.54. The van der Waals surface area contributed by atoms with Gasteiger partial charge in [-0.05, 0) is 30.5 Å². The third kappa shape index (κ3) is 5.09. The lowest BCUT2D eigenvalue weighted by Gasteiger charge is -2.27. The summed E-state index contributed by atoms with van der Waals surface area (Å²) in [6.07, 6.45) is 0.339. The van der Waals surface area contributed by atoms with E-state index in [1.54, 1.807) is 13.2 Å². The van der Waals surface area contributed by atoms with E-state index in [2.05, 4.69) is 24.5 Å². The van der Waals surface area contributed by atoms with Crippen LogP contribution < -0.4 is 15.4 Å². The number of nitrogens with one attached hydrogen (secondary N) is 2. The average molecular weight is 341 g/mol. The Balaban J connectivity index is 2.19. The molecule has 2 N–H and O–H groups in total. The lowest BCUT2D eigenvalue weighted by atomic mass is 9.96. The van der Waals surface area contributed by atoms with Crippen LogP contribution in [-0.4, -0.2) is 38.8 Å². The highest BCUT2D eigenvalue weighted by atomic mass is 35.5. The van der Waals surface area contributed by atoms with Gasteiger partial charge in [-0.2, -0.15) is 0 Å². The number of amides is 1. The van der Waals surface area contributed by atoms with Crippen molar-refractivity contribution >= 4 is 17.5 Å². The number of ether oxygens (including phenoxy) is 2. The van der Waals surface area contributed by atoms with Crippen molar-refractivity contribution < 1.29 is 14.3 Å². The third-order valence-electron chi connectivity index (χ3n) is 3.81. The van der Waals surface area contributed by atoms with Crippen LogP contribution in [0.1, 0.15) is 31.9 Å². The molecule has 2 unspecified atom stereocenters. The van der Waals surface area contributed by atoms with E-state index in [4.69, 9.17) is 21.1 Å². The summed E-state index contributed by atoms with van der Waals surface area (Å²) in [4.78, 5) is 12.5. The minimum Gasteiger partial charge on any atom is -0.496 e. The highest BCUT2D eigenvalue weighted by molar-refractivity contribution is 6.30. The fraction of sp³-hybridized carbons (Fsp3) is 0.588. The molecule has 1 saturated heterocycles. The Morgan fingerprint density at radius 2 is 2.30 bits per heavy atom. The smallest absolute Gasteiger partial charge is 0.250 e. The molecule has 0 aromatic heterocycles. The van der Waals surface area contributed by atoms with Crippen molar-refractivity contribution in [2.75, 3.05) is 26.8 Å². The summed E-state index contributed by atoms with van der Waals surface area (Å²) < 4.78 is 11.0. The van der Waals surface area contributed by atoms with E-state index in [9.17, 15) is 4.79 Å². The van der Waals surface area contributed by atoms with Crippen molar-refractivity contribution in [3.8, 4) is 5.75 Å². The molecular formula is C17H25ClN2O3. The fourth-order valence-corrected chi connectivity index (χ4v) is 2.89. The number of hydrogen-bond donors (Lipinski definition) is 2. The summed E-state index contributed by atoms with van der Waals surface area (Å²) in [5.41, 5.74) is 0.894. The molecule has 6 heteroatoms.